The number of nitrogens with one attached hydrogen (secondary N) is 2. The van der Waals surface area contributed by atoms with Crippen molar-refractivity contribution in [2.75, 3.05) is 20.1 Å². The second-order valence-corrected chi connectivity index (χ2v) is 4.75. The van der Waals surface area contributed by atoms with Crippen LogP contribution in [-0.2, 0) is 11.2 Å². The average molecular weight is 273 g/mol. The van der Waals surface area contributed by atoms with Gasteiger partial charge in [0.2, 0.25) is 5.91 Å². The van der Waals surface area contributed by atoms with Crippen molar-refractivity contribution in [3.8, 4) is 0 Å². The van der Waals surface area contributed by atoms with Crippen molar-refractivity contribution < 1.29 is 9.18 Å². The molecule has 0 radical (unpaired) electrons. The van der Waals surface area contributed by atoms with Gasteiger partial charge in [0, 0.05) is 17.1 Å². The Labute approximate surface area is 112 Å². The molecule has 100 valence electrons. The van der Waals surface area contributed by atoms with E-state index in [9.17, 15) is 9.18 Å². The lowest BCUT2D eigenvalue weighted by molar-refractivity contribution is -0.120. The topological polar surface area (TPSA) is 41.1 Å². The number of halogens is 2. The van der Waals surface area contributed by atoms with Gasteiger partial charge in [0.15, 0.2) is 0 Å². The number of amides is 1. The Balaban J connectivity index is 2.50. The van der Waals surface area contributed by atoms with Crippen molar-refractivity contribution >= 4 is 17.5 Å². The van der Waals surface area contributed by atoms with Crippen molar-refractivity contribution in [2.24, 2.45) is 5.92 Å². The van der Waals surface area contributed by atoms with Gasteiger partial charge in [-0.25, -0.2) is 4.39 Å². The zero-order valence-corrected chi connectivity index (χ0v) is 11.4. The Kier molecular flexibility index (Phi) is 6.09. The molecule has 0 aliphatic carbocycles. The maximum Gasteiger partial charge on any atom is 0.224 e. The molecule has 3 nitrogen and oxygen atoms in total. The number of hydrogen-bond donors (Lipinski definition) is 2. The lowest BCUT2D eigenvalue weighted by Gasteiger charge is -2.12. The van der Waals surface area contributed by atoms with Gasteiger partial charge in [-0.2, -0.15) is 0 Å². The Hall–Kier alpha value is -1.13. The average Bonchev–Trinajstić information content (AvgIpc) is 2.32. The van der Waals surface area contributed by atoms with Crippen LogP contribution in [0.2, 0.25) is 5.02 Å². The van der Waals surface area contributed by atoms with Gasteiger partial charge in [-0.15, -0.1) is 0 Å². The molecule has 1 atom stereocenters. The lowest BCUT2D eigenvalue weighted by atomic mass is 10.1. The maximum absolute atomic E-state index is 13.5. The molecular formula is C13H18ClFN2O. The summed E-state index contributed by atoms with van der Waals surface area (Å²) in [6.07, 6.45) is -0.0300. The van der Waals surface area contributed by atoms with Crippen LogP contribution in [0, 0.1) is 11.7 Å². The van der Waals surface area contributed by atoms with Crippen LogP contribution >= 0.6 is 11.6 Å². The van der Waals surface area contributed by atoms with Crippen molar-refractivity contribution in [3.63, 3.8) is 0 Å². The van der Waals surface area contributed by atoms with Gasteiger partial charge in [0.25, 0.3) is 0 Å². The highest BCUT2D eigenvalue weighted by molar-refractivity contribution is 6.31. The van der Waals surface area contributed by atoms with E-state index in [0.717, 1.165) is 6.54 Å². The predicted molar refractivity (Wildman–Crippen MR) is 71.2 cm³/mol. The van der Waals surface area contributed by atoms with Crippen LogP contribution < -0.4 is 10.6 Å². The largest absolute Gasteiger partial charge is 0.355 e. The Bertz CT molecular complexity index is 392. The van der Waals surface area contributed by atoms with Crippen LogP contribution in [0.3, 0.4) is 0 Å². The number of carbonyl (C=O) groups is 1. The summed E-state index contributed by atoms with van der Waals surface area (Å²) in [5.41, 5.74) is 0.248. The van der Waals surface area contributed by atoms with E-state index in [-0.39, 0.29) is 22.9 Å². The summed E-state index contributed by atoms with van der Waals surface area (Å²) in [4.78, 5) is 11.7. The second kappa shape index (κ2) is 7.34. The number of benzene rings is 1. The van der Waals surface area contributed by atoms with Gasteiger partial charge in [-0.1, -0.05) is 24.6 Å². The molecule has 1 rings (SSSR count). The molecule has 0 bridgehead atoms. The van der Waals surface area contributed by atoms with E-state index in [2.05, 4.69) is 10.6 Å². The third kappa shape index (κ3) is 4.63. The first-order valence-electron chi connectivity index (χ1n) is 5.88. The standard InChI is InChI=1S/C13H18ClFN2O/c1-9(7-16-2)8-17-13(18)6-10-11(14)4-3-5-12(10)15/h3-5,9,16H,6-8H2,1-2H3,(H,17,18). The van der Waals surface area contributed by atoms with Crippen molar-refractivity contribution in [2.45, 2.75) is 13.3 Å². The van der Waals surface area contributed by atoms with Crippen molar-refractivity contribution in [1.82, 2.24) is 10.6 Å². The molecule has 0 spiro atoms. The third-order valence-corrected chi connectivity index (χ3v) is 2.95. The van der Waals surface area contributed by atoms with E-state index >= 15 is 0 Å². The van der Waals surface area contributed by atoms with E-state index in [4.69, 9.17) is 11.6 Å². The molecule has 0 aromatic heterocycles. The smallest absolute Gasteiger partial charge is 0.224 e. The summed E-state index contributed by atoms with van der Waals surface area (Å²) in [5.74, 6) is -0.332. The van der Waals surface area contributed by atoms with Crippen LogP contribution in [0.15, 0.2) is 18.2 Å². The Morgan fingerprint density at radius 1 is 1.44 bits per heavy atom. The third-order valence-electron chi connectivity index (χ3n) is 2.60. The summed E-state index contributed by atoms with van der Waals surface area (Å²) in [7, 11) is 1.86. The van der Waals surface area contributed by atoms with E-state index in [1.54, 1.807) is 6.07 Å². The van der Waals surface area contributed by atoms with Crippen molar-refractivity contribution in [1.29, 1.82) is 0 Å². The number of carbonyl (C=O) groups excluding carboxylic acids is 1. The van der Waals surface area contributed by atoms with Gasteiger partial charge in [0.1, 0.15) is 5.82 Å². The quantitative estimate of drug-likeness (QED) is 0.832. The van der Waals surface area contributed by atoms with Gasteiger partial charge in [0.05, 0.1) is 6.42 Å². The minimum Gasteiger partial charge on any atom is -0.355 e. The first kappa shape index (κ1) is 14.9. The van der Waals surface area contributed by atoms with Crippen LogP contribution in [0.1, 0.15) is 12.5 Å². The number of rotatable bonds is 6. The fourth-order valence-corrected chi connectivity index (χ4v) is 1.86. The Morgan fingerprint density at radius 3 is 2.78 bits per heavy atom. The molecule has 0 aliphatic rings. The van der Waals surface area contributed by atoms with Gasteiger partial charge in [-0.3, -0.25) is 4.79 Å². The first-order chi connectivity index (χ1) is 8.54. The van der Waals surface area contributed by atoms with Crippen molar-refractivity contribution in [3.05, 3.63) is 34.6 Å². The molecule has 0 aliphatic heterocycles. The summed E-state index contributed by atoms with van der Waals surface area (Å²) in [6, 6.07) is 4.41. The predicted octanol–water partition coefficient (Wildman–Crippen LogP) is 1.99. The monoisotopic (exact) mass is 272 g/mol. The maximum atomic E-state index is 13.5. The molecule has 18 heavy (non-hydrogen) atoms. The number of hydrogen-bond acceptors (Lipinski definition) is 2. The van der Waals surface area contributed by atoms with Crippen LogP contribution in [0.5, 0.6) is 0 Å². The molecule has 0 saturated heterocycles. The van der Waals surface area contributed by atoms with Gasteiger partial charge in [-0.05, 0) is 31.6 Å². The van der Waals surface area contributed by atoms with Crippen LogP contribution in [0.25, 0.3) is 0 Å². The van der Waals surface area contributed by atoms with Gasteiger partial charge < -0.3 is 10.6 Å². The highest BCUT2D eigenvalue weighted by Crippen LogP contribution is 2.19. The normalized spacial score (nSPS) is 12.2. The summed E-state index contributed by atoms with van der Waals surface area (Å²) < 4.78 is 13.5. The second-order valence-electron chi connectivity index (χ2n) is 4.34. The van der Waals surface area contributed by atoms with E-state index in [0.29, 0.717) is 12.5 Å². The highest BCUT2D eigenvalue weighted by Gasteiger charge is 2.12. The first-order valence-corrected chi connectivity index (χ1v) is 6.26. The zero-order chi connectivity index (χ0) is 13.5. The summed E-state index contributed by atoms with van der Waals surface area (Å²) >= 11 is 5.86. The molecule has 0 saturated carbocycles. The minimum atomic E-state index is -0.444. The van der Waals surface area contributed by atoms with Crippen LogP contribution in [-0.4, -0.2) is 26.0 Å². The molecule has 1 unspecified atom stereocenters. The summed E-state index contributed by atoms with van der Waals surface area (Å²) in [6.45, 7) is 3.40. The molecule has 0 fully saturated rings. The molecular weight excluding hydrogens is 255 g/mol. The fourth-order valence-electron chi connectivity index (χ4n) is 1.63. The van der Waals surface area contributed by atoms with Crippen LogP contribution in [0.4, 0.5) is 4.39 Å². The lowest BCUT2D eigenvalue weighted by Crippen LogP contribution is -2.33. The molecule has 1 amide bonds. The molecule has 0 heterocycles. The summed E-state index contributed by atoms with van der Waals surface area (Å²) in [5, 5.41) is 6.08. The molecule has 1 aromatic carbocycles. The Morgan fingerprint density at radius 2 is 2.17 bits per heavy atom. The SMILES string of the molecule is CNCC(C)CNC(=O)Cc1c(F)cccc1Cl. The van der Waals surface area contributed by atoms with Gasteiger partial charge >= 0.3 is 0 Å². The fraction of sp³-hybridized carbons (Fsp3) is 0.462. The van der Waals surface area contributed by atoms with E-state index < -0.39 is 5.82 Å². The van der Waals surface area contributed by atoms with E-state index in [1.807, 2.05) is 14.0 Å². The van der Waals surface area contributed by atoms with E-state index in [1.165, 1.54) is 12.1 Å². The highest BCUT2D eigenvalue weighted by atomic mass is 35.5. The molecule has 1 aromatic rings. The zero-order valence-electron chi connectivity index (χ0n) is 10.6. The minimum absolute atomic E-state index is 0.0300. The molecule has 5 heteroatoms. The molecule has 2 N–H and O–H groups in total.